The van der Waals surface area contributed by atoms with Crippen LogP contribution >= 0.6 is 23.5 Å². The van der Waals surface area contributed by atoms with Gasteiger partial charge in [0.1, 0.15) is 0 Å². The Morgan fingerprint density at radius 2 is 2.14 bits per heavy atom. The van der Waals surface area contributed by atoms with E-state index < -0.39 is 0 Å². The average Bonchev–Trinajstić information content (AvgIpc) is 2.67. The van der Waals surface area contributed by atoms with Crippen LogP contribution in [0.4, 0.5) is 0 Å². The van der Waals surface area contributed by atoms with Gasteiger partial charge in [-0.2, -0.15) is 0 Å². The van der Waals surface area contributed by atoms with Crippen molar-refractivity contribution in [2.24, 2.45) is 0 Å². The van der Waals surface area contributed by atoms with Crippen LogP contribution in [0.1, 0.15) is 15.7 Å². The molecule has 2 rings (SSSR count). The second-order valence-corrected chi connectivity index (χ2v) is 5.69. The summed E-state index contributed by atoms with van der Waals surface area (Å²) in [5, 5.41) is 11.1. The van der Waals surface area contributed by atoms with Gasteiger partial charge < -0.3 is 5.11 Å². The average molecular weight is 224 g/mol. The molecule has 1 aromatic rings. The molecule has 0 aromatic heterocycles. The van der Waals surface area contributed by atoms with E-state index >= 15 is 0 Å². The zero-order valence-electron chi connectivity index (χ0n) is 7.93. The van der Waals surface area contributed by atoms with Crippen molar-refractivity contribution >= 4 is 23.5 Å². The fourth-order valence-corrected chi connectivity index (χ4v) is 4.04. The Balaban J connectivity index is 2.16. The summed E-state index contributed by atoms with van der Waals surface area (Å²) in [4.78, 5) is 1.07. The van der Waals surface area contributed by atoms with Crippen molar-refractivity contribution in [2.45, 2.75) is 11.5 Å². The summed E-state index contributed by atoms with van der Waals surface area (Å²) >= 11 is 3.54. The Labute approximate surface area is 92.6 Å². The van der Waals surface area contributed by atoms with E-state index in [4.69, 9.17) is 5.11 Å². The van der Waals surface area contributed by atoms with E-state index in [1.54, 1.807) is 23.5 Å². The van der Waals surface area contributed by atoms with Gasteiger partial charge in [-0.25, -0.2) is 0 Å². The molecule has 1 unspecified atom stereocenters. The third kappa shape index (κ3) is 2.00. The predicted octanol–water partition coefficient (Wildman–Crippen LogP) is 3.31. The minimum atomic E-state index is 0.167. The lowest BCUT2D eigenvalue weighted by Crippen LogP contribution is -1.90. The topological polar surface area (TPSA) is 20.2 Å². The maximum Gasteiger partial charge on any atom is 0.0840 e. The quantitative estimate of drug-likeness (QED) is 0.832. The number of aryl methyl sites for hydroxylation is 1. The van der Waals surface area contributed by atoms with Gasteiger partial charge in [0, 0.05) is 4.91 Å². The molecule has 1 aliphatic heterocycles. The van der Waals surface area contributed by atoms with Gasteiger partial charge >= 0.3 is 0 Å². The summed E-state index contributed by atoms with van der Waals surface area (Å²) in [5.74, 6) is 0. The minimum Gasteiger partial charge on any atom is -0.391 e. The second-order valence-electron chi connectivity index (χ2n) is 3.18. The number of hydrogen-bond donors (Lipinski definition) is 1. The molecule has 1 heterocycles. The largest absolute Gasteiger partial charge is 0.391 e. The summed E-state index contributed by atoms with van der Waals surface area (Å²) in [5.41, 5.74) is 2.69. The summed E-state index contributed by atoms with van der Waals surface area (Å²) < 4.78 is 0.429. The van der Waals surface area contributed by atoms with Gasteiger partial charge in [-0.3, -0.25) is 0 Å². The summed E-state index contributed by atoms with van der Waals surface area (Å²) in [7, 11) is 0. The number of rotatable bonds is 2. The van der Waals surface area contributed by atoms with Crippen molar-refractivity contribution in [3.05, 3.63) is 45.7 Å². The Morgan fingerprint density at radius 3 is 2.79 bits per heavy atom. The molecule has 74 valence electrons. The van der Waals surface area contributed by atoms with Crippen LogP contribution in [0.25, 0.3) is 0 Å². The van der Waals surface area contributed by atoms with Gasteiger partial charge in [-0.1, -0.05) is 24.3 Å². The molecule has 1 aromatic carbocycles. The first-order chi connectivity index (χ1) is 6.81. The standard InChI is InChI=1S/C11H12OS2/c1-8-4-2-3-5-10(8)11-13-7-9(6-12)14-11/h2-5,7,11-12H,6H2,1H3. The van der Waals surface area contributed by atoms with E-state index in [9.17, 15) is 0 Å². The zero-order chi connectivity index (χ0) is 9.97. The van der Waals surface area contributed by atoms with Crippen molar-refractivity contribution in [1.82, 2.24) is 0 Å². The van der Waals surface area contributed by atoms with Crippen molar-refractivity contribution in [3.63, 3.8) is 0 Å². The normalized spacial score (nSPS) is 21.0. The first kappa shape index (κ1) is 10.1. The number of aliphatic hydroxyl groups is 1. The minimum absolute atomic E-state index is 0.167. The van der Waals surface area contributed by atoms with Gasteiger partial charge in [0.15, 0.2) is 0 Å². The Morgan fingerprint density at radius 1 is 1.36 bits per heavy atom. The van der Waals surface area contributed by atoms with Crippen LogP contribution in [0.5, 0.6) is 0 Å². The highest BCUT2D eigenvalue weighted by Crippen LogP contribution is 2.51. The van der Waals surface area contributed by atoms with Crippen LogP contribution < -0.4 is 0 Å². The molecule has 0 amide bonds. The molecule has 0 spiro atoms. The number of hydrogen-bond acceptors (Lipinski definition) is 3. The number of thioether (sulfide) groups is 2. The van der Waals surface area contributed by atoms with Gasteiger partial charge in [-0.05, 0) is 23.5 Å². The summed E-state index contributed by atoms with van der Waals surface area (Å²) in [6.45, 7) is 2.30. The molecular formula is C11H12OS2. The second kappa shape index (κ2) is 4.43. The Hall–Kier alpha value is -0.380. The number of benzene rings is 1. The van der Waals surface area contributed by atoms with Gasteiger partial charge in [0.2, 0.25) is 0 Å². The van der Waals surface area contributed by atoms with Crippen molar-refractivity contribution in [1.29, 1.82) is 0 Å². The van der Waals surface area contributed by atoms with E-state index in [-0.39, 0.29) is 6.61 Å². The molecule has 3 heteroatoms. The Bertz CT molecular complexity index is 360. The first-order valence-corrected chi connectivity index (χ1v) is 6.31. The van der Waals surface area contributed by atoms with E-state index in [1.807, 2.05) is 0 Å². The SMILES string of the molecule is Cc1ccccc1C1SC=C(CO)S1. The molecule has 1 N–H and O–H groups in total. The summed E-state index contributed by atoms with van der Waals surface area (Å²) in [6, 6.07) is 8.42. The maximum atomic E-state index is 9.00. The molecule has 1 aliphatic rings. The smallest absolute Gasteiger partial charge is 0.0840 e. The highest BCUT2D eigenvalue weighted by atomic mass is 32.2. The molecule has 0 bridgehead atoms. The monoisotopic (exact) mass is 224 g/mol. The molecule has 0 saturated carbocycles. The van der Waals surface area contributed by atoms with Crippen molar-refractivity contribution in [3.8, 4) is 0 Å². The lowest BCUT2D eigenvalue weighted by molar-refractivity contribution is 0.340. The van der Waals surface area contributed by atoms with Gasteiger partial charge in [-0.15, -0.1) is 23.5 Å². The lowest BCUT2D eigenvalue weighted by atomic mass is 10.1. The molecule has 0 fully saturated rings. The van der Waals surface area contributed by atoms with E-state index in [0.29, 0.717) is 4.58 Å². The fraction of sp³-hybridized carbons (Fsp3) is 0.273. The molecule has 14 heavy (non-hydrogen) atoms. The lowest BCUT2D eigenvalue weighted by Gasteiger charge is -2.11. The van der Waals surface area contributed by atoms with Crippen molar-refractivity contribution in [2.75, 3.05) is 6.61 Å². The zero-order valence-corrected chi connectivity index (χ0v) is 9.57. The molecule has 1 nitrogen and oxygen atoms in total. The van der Waals surface area contributed by atoms with Crippen LogP contribution in [0, 0.1) is 6.92 Å². The Kier molecular flexibility index (Phi) is 3.21. The van der Waals surface area contributed by atoms with Gasteiger partial charge in [0.05, 0.1) is 11.2 Å². The van der Waals surface area contributed by atoms with Gasteiger partial charge in [0.25, 0.3) is 0 Å². The third-order valence-corrected chi connectivity index (χ3v) is 4.89. The highest BCUT2D eigenvalue weighted by Gasteiger charge is 2.20. The number of aliphatic hydroxyl groups excluding tert-OH is 1. The van der Waals surface area contributed by atoms with Crippen LogP contribution in [-0.2, 0) is 0 Å². The fourth-order valence-electron chi connectivity index (χ4n) is 1.39. The van der Waals surface area contributed by atoms with Crippen LogP contribution in [0.15, 0.2) is 34.6 Å². The van der Waals surface area contributed by atoms with Crippen LogP contribution in [0.3, 0.4) is 0 Å². The van der Waals surface area contributed by atoms with Crippen molar-refractivity contribution < 1.29 is 5.11 Å². The van der Waals surface area contributed by atoms with E-state index in [2.05, 4.69) is 36.6 Å². The molecule has 1 atom stereocenters. The molecule has 0 radical (unpaired) electrons. The molecule has 0 aliphatic carbocycles. The van der Waals surface area contributed by atoms with Crippen LogP contribution in [-0.4, -0.2) is 11.7 Å². The maximum absolute atomic E-state index is 9.00. The first-order valence-electron chi connectivity index (χ1n) is 4.49. The highest BCUT2D eigenvalue weighted by molar-refractivity contribution is 8.22. The third-order valence-electron chi connectivity index (χ3n) is 2.18. The van der Waals surface area contributed by atoms with Crippen LogP contribution in [0.2, 0.25) is 0 Å². The molecular weight excluding hydrogens is 212 g/mol. The van der Waals surface area contributed by atoms with E-state index in [0.717, 1.165) is 4.91 Å². The predicted molar refractivity (Wildman–Crippen MR) is 64.3 cm³/mol. The molecule has 0 saturated heterocycles. The van der Waals surface area contributed by atoms with E-state index in [1.165, 1.54) is 11.1 Å². The summed E-state index contributed by atoms with van der Waals surface area (Å²) in [6.07, 6.45) is 0.